The normalized spacial score (nSPS) is 10.7. The molecule has 7 heteroatoms. The van der Waals surface area contributed by atoms with Crippen molar-refractivity contribution in [2.24, 2.45) is 0 Å². The number of thiazole rings is 2. The molecular formula is C16H15N3OS3. The number of anilines is 1. The predicted molar refractivity (Wildman–Crippen MR) is 98.9 cm³/mol. The van der Waals surface area contributed by atoms with Crippen LogP contribution >= 0.6 is 34.4 Å². The van der Waals surface area contributed by atoms with Gasteiger partial charge in [-0.1, -0.05) is 12.1 Å². The molecule has 0 aliphatic heterocycles. The summed E-state index contributed by atoms with van der Waals surface area (Å²) in [6.07, 6.45) is 2.05. The zero-order valence-corrected chi connectivity index (χ0v) is 15.4. The number of amides is 1. The van der Waals surface area contributed by atoms with Gasteiger partial charge in [-0.05, 0) is 32.2 Å². The van der Waals surface area contributed by atoms with E-state index in [1.54, 1.807) is 11.8 Å². The summed E-state index contributed by atoms with van der Waals surface area (Å²) in [4.78, 5) is 22.9. The summed E-state index contributed by atoms with van der Waals surface area (Å²) >= 11 is 4.53. The van der Waals surface area contributed by atoms with E-state index < -0.39 is 0 Å². The van der Waals surface area contributed by atoms with Gasteiger partial charge in [0.1, 0.15) is 4.88 Å². The lowest BCUT2D eigenvalue weighted by atomic mass is 10.2. The van der Waals surface area contributed by atoms with Gasteiger partial charge in [0.15, 0.2) is 5.13 Å². The number of nitrogens with zero attached hydrogens (tertiary/aromatic N) is 2. The Morgan fingerprint density at radius 1 is 1.17 bits per heavy atom. The van der Waals surface area contributed by atoms with Gasteiger partial charge in [-0.2, -0.15) is 0 Å². The molecule has 0 bridgehead atoms. The third-order valence-electron chi connectivity index (χ3n) is 3.22. The van der Waals surface area contributed by atoms with Crippen molar-refractivity contribution >= 4 is 45.5 Å². The van der Waals surface area contributed by atoms with Crippen molar-refractivity contribution in [3.63, 3.8) is 0 Å². The Morgan fingerprint density at radius 2 is 1.91 bits per heavy atom. The van der Waals surface area contributed by atoms with Gasteiger partial charge in [-0.25, -0.2) is 9.97 Å². The van der Waals surface area contributed by atoms with Crippen LogP contribution in [0.4, 0.5) is 5.13 Å². The molecule has 0 atom stereocenters. The van der Waals surface area contributed by atoms with Crippen LogP contribution in [0.1, 0.15) is 20.4 Å². The van der Waals surface area contributed by atoms with Gasteiger partial charge in [-0.3, -0.25) is 10.1 Å². The number of benzene rings is 1. The molecule has 4 nitrogen and oxygen atoms in total. The highest BCUT2D eigenvalue weighted by molar-refractivity contribution is 7.98. The summed E-state index contributed by atoms with van der Waals surface area (Å²) in [7, 11) is 0. The molecule has 0 unspecified atom stereocenters. The molecule has 2 heterocycles. The molecule has 3 aromatic rings. The maximum atomic E-state index is 12.3. The van der Waals surface area contributed by atoms with Gasteiger partial charge in [-0.15, -0.1) is 34.4 Å². The number of hydrogen-bond acceptors (Lipinski definition) is 6. The minimum absolute atomic E-state index is 0.147. The van der Waals surface area contributed by atoms with Crippen LogP contribution in [0.25, 0.3) is 11.3 Å². The molecule has 0 radical (unpaired) electrons. The first-order valence-electron chi connectivity index (χ1n) is 6.92. The van der Waals surface area contributed by atoms with Gasteiger partial charge in [0.2, 0.25) is 0 Å². The first-order valence-corrected chi connectivity index (χ1v) is 9.84. The van der Waals surface area contributed by atoms with Crippen LogP contribution in [0.15, 0.2) is 34.5 Å². The van der Waals surface area contributed by atoms with Crippen LogP contribution in [-0.2, 0) is 0 Å². The average molecular weight is 362 g/mol. The van der Waals surface area contributed by atoms with Crippen molar-refractivity contribution in [1.82, 2.24) is 9.97 Å². The fourth-order valence-corrected chi connectivity index (χ4v) is 4.06. The molecule has 0 saturated carbocycles. The smallest absolute Gasteiger partial charge is 0.269 e. The van der Waals surface area contributed by atoms with Crippen molar-refractivity contribution in [2.45, 2.75) is 18.7 Å². The number of carbonyl (C=O) groups is 1. The zero-order valence-electron chi connectivity index (χ0n) is 12.9. The third-order valence-corrected chi connectivity index (χ3v) is 5.79. The predicted octanol–water partition coefficient (Wildman–Crippen LogP) is 4.86. The first kappa shape index (κ1) is 16.2. The monoisotopic (exact) mass is 361 g/mol. The van der Waals surface area contributed by atoms with Crippen molar-refractivity contribution in [3.05, 3.63) is 45.2 Å². The van der Waals surface area contributed by atoms with Gasteiger partial charge in [0.05, 0.1) is 16.4 Å². The van der Waals surface area contributed by atoms with Gasteiger partial charge in [0, 0.05) is 15.8 Å². The standard InChI is InChI=1S/C16H15N3OS3/c1-9-14(23-10(2)17-9)15(20)19-16-18-13(8-22-16)11-4-6-12(21-3)7-5-11/h4-8H,1-3H3,(H,18,19,20). The molecular weight excluding hydrogens is 346 g/mol. The molecule has 0 saturated heterocycles. The second-order valence-corrected chi connectivity index (χ2v) is 7.81. The average Bonchev–Trinajstić information content (AvgIpc) is 3.13. The highest BCUT2D eigenvalue weighted by Gasteiger charge is 2.15. The molecule has 0 spiro atoms. The molecule has 2 aromatic heterocycles. The van der Waals surface area contributed by atoms with Crippen LogP contribution in [0.2, 0.25) is 0 Å². The quantitative estimate of drug-likeness (QED) is 0.674. The van der Waals surface area contributed by atoms with E-state index in [1.807, 2.05) is 31.4 Å². The first-order chi connectivity index (χ1) is 11.1. The lowest BCUT2D eigenvalue weighted by Crippen LogP contribution is -2.11. The number of aromatic nitrogens is 2. The van der Waals surface area contributed by atoms with E-state index in [2.05, 4.69) is 33.7 Å². The van der Waals surface area contributed by atoms with Crippen molar-refractivity contribution in [1.29, 1.82) is 0 Å². The number of aryl methyl sites for hydroxylation is 2. The summed E-state index contributed by atoms with van der Waals surface area (Å²) in [6, 6.07) is 8.23. The highest BCUT2D eigenvalue weighted by Crippen LogP contribution is 2.27. The van der Waals surface area contributed by atoms with Crippen LogP contribution in [0.3, 0.4) is 0 Å². The molecule has 1 N–H and O–H groups in total. The maximum Gasteiger partial charge on any atom is 0.269 e. The van der Waals surface area contributed by atoms with Crippen molar-refractivity contribution in [2.75, 3.05) is 11.6 Å². The Morgan fingerprint density at radius 3 is 2.52 bits per heavy atom. The van der Waals surface area contributed by atoms with E-state index >= 15 is 0 Å². The Kier molecular flexibility index (Phi) is 4.79. The molecule has 118 valence electrons. The summed E-state index contributed by atoms with van der Waals surface area (Å²) in [5.41, 5.74) is 2.67. The lowest BCUT2D eigenvalue weighted by Gasteiger charge is -2.00. The van der Waals surface area contributed by atoms with Gasteiger partial charge in [0.25, 0.3) is 5.91 Å². The topological polar surface area (TPSA) is 54.9 Å². The van der Waals surface area contributed by atoms with Crippen LogP contribution in [0, 0.1) is 13.8 Å². The minimum Gasteiger partial charge on any atom is -0.297 e. The summed E-state index contributed by atoms with van der Waals surface area (Å²) < 4.78 is 0. The number of thioether (sulfide) groups is 1. The second-order valence-electron chi connectivity index (χ2n) is 4.87. The van der Waals surface area contributed by atoms with E-state index in [9.17, 15) is 4.79 Å². The molecule has 23 heavy (non-hydrogen) atoms. The number of rotatable bonds is 4. The molecule has 3 rings (SSSR count). The Bertz CT molecular complexity index is 837. The third kappa shape index (κ3) is 3.63. The SMILES string of the molecule is CSc1ccc(-c2csc(NC(=O)c3sc(C)nc3C)n2)cc1. The van der Waals surface area contributed by atoms with Crippen LogP contribution in [0.5, 0.6) is 0 Å². The van der Waals surface area contributed by atoms with E-state index in [4.69, 9.17) is 0 Å². The minimum atomic E-state index is -0.147. The van der Waals surface area contributed by atoms with E-state index in [1.165, 1.54) is 27.6 Å². The Labute approximate surface area is 147 Å². The van der Waals surface area contributed by atoms with E-state index in [0.29, 0.717) is 10.0 Å². The maximum absolute atomic E-state index is 12.3. The highest BCUT2D eigenvalue weighted by atomic mass is 32.2. The zero-order chi connectivity index (χ0) is 16.4. The fourth-order valence-electron chi connectivity index (χ4n) is 2.12. The largest absolute Gasteiger partial charge is 0.297 e. The molecule has 1 amide bonds. The van der Waals surface area contributed by atoms with Crippen molar-refractivity contribution < 1.29 is 4.79 Å². The Hall–Kier alpha value is -1.70. The van der Waals surface area contributed by atoms with E-state index in [-0.39, 0.29) is 5.91 Å². The lowest BCUT2D eigenvalue weighted by molar-refractivity contribution is 0.103. The van der Waals surface area contributed by atoms with Crippen LogP contribution in [-0.4, -0.2) is 22.1 Å². The molecule has 0 aliphatic carbocycles. The fraction of sp³-hybridized carbons (Fsp3) is 0.188. The number of hydrogen-bond donors (Lipinski definition) is 1. The summed E-state index contributed by atoms with van der Waals surface area (Å²) in [5.74, 6) is -0.147. The van der Waals surface area contributed by atoms with Gasteiger partial charge >= 0.3 is 0 Å². The number of nitrogens with one attached hydrogen (secondary N) is 1. The number of carbonyl (C=O) groups excluding carboxylic acids is 1. The molecule has 0 fully saturated rings. The Balaban J connectivity index is 1.76. The second kappa shape index (κ2) is 6.82. The van der Waals surface area contributed by atoms with Crippen molar-refractivity contribution in [3.8, 4) is 11.3 Å². The summed E-state index contributed by atoms with van der Waals surface area (Å²) in [6.45, 7) is 3.74. The van der Waals surface area contributed by atoms with Gasteiger partial charge < -0.3 is 0 Å². The summed E-state index contributed by atoms with van der Waals surface area (Å²) in [5, 5.41) is 6.30. The molecule has 0 aliphatic rings. The van der Waals surface area contributed by atoms with Crippen LogP contribution < -0.4 is 5.32 Å². The van der Waals surface area contributed by atoms with E-state index in [0.717, 1.165) is 22.0 Å². The molecule has 1 aromatic carbocycles.